The van der Waals surface area contributed by atoms with Crippen LogP contribution in [0.15, 0.2) is 64.5 Å². The second-order valence-electron chi connectivity index (χ2n) is 5.98. The van der Waals surface area contributed by atoms with E-state index in [-0.39, 0.29) is 10.4 Å². The van der Waals surface area contributed by atoms with Crippen LogP contribution in [0, 0.1) is 0 Å². The van der Waals surface area contributed by atoms with Gasteiger partial charge in [-0.2, -0.15) is 0 Å². The third kappa shape index (κ3) is 3.37. The smallest absolute Gasteiger partial charge is 0.261 e. The Morgan fingerprint density at radius 2 is 1.70 bits per heavy atom. The first kappa shape index (κ1) is 15.6. The molecule has 1 heterocycles. The van der Waals surface area contributed by atoms with Crippen LogP contribution in [-0.4, -0.2) is 26.5 Å². The summed E-state index contributed by atoms with van der Waals surface area (Å²) < 4.78 is 33.3. The highest BCUT2D eigenvalue weighted by molar-refractivity contribution is 7.92. The SMILES string of the molecule is CC1(C)COC(c2ccccc2NS(=O)(=O)c2ccccc2)=N1. The van der Waals surface area contributed by atoms with Crippen LogP contribution in [0.3, 0.4) is 0 Å². The molecule has 0 unspecified atom stereocenters. The standard InChI is InChI=1S/C17H18N2O3S/c1-17(2)12-22-16(18-17)14-10-6-7-11-15(14)19-23(20,21)13-8-4-3-5-9-13/h3-11,19H,12H2,1-2H3. The van der Waals surface area contributed by atoms with E-state index in [0.29, 0.717) is 23.8 Å². The van der Waals surface area contributed by atoms with Gasteiger partial charge >= 0.3 is 0 Å². The largest absolute Gasteiger partial charge is 0.475 e. The molecular weight excluding hydrogens is 312 g/mol. The summed E-state index contributed by atoms with van der Waals surface area (Å²) in [5.74, 6) is 0.460. The molecule has 6 heteroatoms. The van der Waals surface area contributed by atoms with Crippen molar-refractivity contribution >= 4 is 21.6 Å². The number of rotatable bonds is 4. The van der Waals surface area contributed by atoms with Crippen molar-refractivity contribution in [2.45, 2.75) is 24.3 Å². The van der Waals surface area contributed by atoms with Crippen LogP contribution in [0.2, 0.25) is 0 Å². The van der Waals surface area contributed by atoms with Crippen molar-refractivity contribution in [2.75, 3.05) is 11.3 Å². The van der Waals surface area contributed by atoms with Gasteiger partial charge in [-0.15, -0.1) is 0 Å². The van der Waals surface area contributed by atoms with Crippen LogP contribution in [0.4, 0.5) is 5.69 Å². The number of nitrogens with one attached hydrogen (secondary N) is 1. The molecule has 5 nitrogen and oxygen atoms in total. The number of anilines is 1. The highest BCUT2D eigenvalue weighted by atomic mass is 32.2. The minimum Gasteiger partial charge on any atom is -0.475 e. The van der Waals surface area contributed by atoms with Crippen LogP contribution in [0.1, 0.15) is 19.4 Å². The van der Waals surface area contributed by atoms with Gasteiger partial charge in [-0.25, -0.2) is 13.4 Å². The summed E-state index contributed by atoms with van der Waals surface area (Å²) in [7, 11) is -3.65. The number of aliphatic imine (C=N–C) groups is 1. The van der Waals surface area contributed by atoms with E-state index in [2.05, 4.69) is 9.71 Å². The predicted molar refractivity (Wildman–Crippen MR) is 90.3 cm³/mol. The highest BCUT2D eigenvalue weighted by Crippen LogP contribution is 2.26. The molecule has 0 aliphatic carbocycles. The Labute approximate surface area is 136 Å². The van der Waals surface area contributed by atoms with Gasteiger partial charge in [-0.1, -0.05) is 30.3 Å². The molecule has 1 N–H and O–H groups in total. The number of ether oxygens (including phenoxy) is 1. The van der Waals surface area contributed by atoms with E-state index in [0.717, 1.165) is 0 Å². The Bertz CT molecular complexity index is 843. The lowest BCUT2D eigenvalue weighted by atomic mass is 10.1. The van der Waals surface area contributed by atoms with Crippen LogP contribution < -0.4 is 4.72 Å². The first-order chi connectivity index (χ1) is 10.9. The Morgan fingerprint density at radius 3 is 2.35 bits per heavy atom. The molecule has 0 spiro atoms. The summed E-state index contributed by atoms with van der Waals surface area (Å²) in [6.45, 7) is 4.41. The van der Waals surface area contributed by atoms with Gasteiger partial charge in [0.25, 0.3) is 10.0 Å². The molecule has 3 rings (SSSR count). The van der Waals surface area contributed by atoms with E-state index >= 15 is 0 Å². The summed E-state index contributed by atoms with van der Waals surface area (Å²) in [5.41, 5.74) is 0.784. The van der Waals surface area contributed by atoms with Crippen LogP contribution in [0.25, 0.3) is 0 Å². The van der Waals surface area contributed by atoms with Gasteiger partial charge in [-0.3, -0.25) is 4.72 Å². The van der Waals surface area contributed by atoms with Gasteiger partial charge in [0.05, 0.1) is 21.7 Å². The van der Waals surface area contributed by atoms with Crippen molar-refractivity contribution in [3.05, 3.63) is 60.2 Å². The molecule has 0 atom stereocenters. The quantitative estimate of drug-likeness (QED) is 0.937. The number of para-hydroxylation sites is 1. The number of benzene rings is 2. The average molecular weight is 330 g/mol. The first-order valence-corrected chi connectivity index (χ1v) is 8.76. The Kier molecular flexibility index (Phi) is 3.85. The monoisotopic (exact) mass is 330 g/mol. The lowest BCUT2D eigenvalue weighted by Crippen LogP contribution is -2.17. The third-order valence-electron chi connectivity index (χ3n) is 3.42. The molecule has 120 valence electrons. The van der Waals surface area contributed by atoms with E-state index in [1.54, 1.807) is 48.5 Å². The van der Waals surface area contributed by atoms with Gasteiger partial charge < -0.3 is 4.74 Å². The van der Waals surface area contributed by atoms with Crippen molar-refractivity contribution in [2.24, 2.45) is 4.99 Å². The number of hydrogen-bond donors (Lipinski definition) is 1. The summed E-state index contributed by atoms with van der Waals surface area (Å²) in [5, 5.41) is 0. The molecule has 1 aliphatic heterocycles. The molecule has 2 aromatic carbocycles. The van der Waals surface area contributed by atoms with Crippen LogP contribution in [-0.2, 0) is 14.8 Å². The molecular formula is C17H18N2O3S. The Balaban J connectivity index is 1.97. The molecule has 0 bridgehead atoms. The topological polar surface area (TPSA) is 67.8 Å². The van der Waals surface area contributed by atoms with Crippen molar-refractivity contribution < 1.29 is 13.2 Å². The van der Waals surface area contributed by atoms with Gasteiger partial charge in [0.2, 0.25) is 5.90 Å². The minimum atomic E-state index is -3.65. The molecule has 0 saturated carbocycles. The highest BCUT2D eigenvalue weighted by Gasteiger charge is 2.28. The maximum absolute atomic E-state index is 12.5. The van der Waals surface area contributed by atoms with E-state index in [9.17, 15) is 8.42 Å². The van der Waals surface area contributed by atoms with Gasteiger partial charge in [0, 0.05) is 0 Å². The summed E-state index contributed by atoms with van der Waals surface area (Å²) >= 11 is 0. The third-order valence-corrected chi connectivity index (χ3v) is 4.80. The molecule has 1 aliphatic rings. The fourth-order valence-electron chi connectivity index (χ4n) is 2.28. The molecule has 0 amide bonds. The van der Waals surface area contributed by atoms with Gasteiger partial charge in [0.15, 0.2) is 0 Å². The molecule has 0 saturated heterocycles. The lowest BCUT2D eigenvalue weighted by Gasteiger charge is -2.12. The van der Waals surface area contributed by atoms with E-state index in [4.69, 9.17) is 4.74 Å². The van der Waals surface area contributed by atoms with Crippen molar-refractivity contribution in [1.82, 2.24) is 0 Å². The van der Waals surface area contributed by atoms with Gasteiger partial charge in [-0.05, 0) is 38.1 Å². The molecule has 2 aromatic rings. The van der Waals surface area contributed by atoms with Gasteiger partial charge in [0.1, 0.15) is 6.61 Å². The first-order valence-electron chi connectivity index (χ1n) is 7.27. The number of sulfonamides is 1. The summed E-state index contributed by atoms with van der Waals surface area (Å²) in [4.78, 5) is 4.73. The Hall–Kier alpha value is -2.34. The number of hydrogen-bond acceptors (Lipinski definition) is 4. The van der Waals surface area contributed by atoms with E-state index in [1.165, 1.54) is 0 Å². The molecule has 0 aromatic heterocycles. The molecule has 23 heavy (non-hydrogen) atoms. The van der Waals surface area contributed by atoms with E-state index < -0.39 is 10.0 Å². The van der Waals surface area contributed by atoms with Crippen LogP contribution >= 0.6 is 0 Å². The summed E-state index contributed by atoms with van der Waals surface area (Å²) in [6, 6.07) is 15.3. The normalized spacial score (nSPS) is 16.5. The fourth-order valence-corrected chi connectivity index (χ4v) is 3.39. The van der Waals surface area contributed by atoms with Crippen LogP contribution in [0.5, 0.6) is 0 Å². The predicted octanol–water partition coefficient (Wildman–Crippen LogP) is 3.04. The fraction of sp³-hybridized carbons (Fsp3) is 0.235. The zero-order valence-corrected chi connectivity index (χ0v) is 13.8. The maximum Gasteiger partial charge on any atom is 0.261 e. The van der Waals surface area contributed by atoms with Crippen molar-refractivity contribution in [3.8, 4) is 0 Å². The zero-order chi connectivity index (χ0) is 16.5. The molecule has 0 radical (unpaired) electrons. The summed E-state index contributed by atoms with van der Waals surface area (Å²) in [6.07, 6.45) is 0. The van der Waals surface area contributed by atoms with E-state index in [1.807, 2.05) is 19.9 Å². The second kappa shape index (κ2) is 5.70. The Morgan fingerprint density at radius 1 is 1.04 bits per heavy atom. The lowest BCUT2D eigenvalue weighted by molar-refractivity contribution is 0.279. The van der Waals surface area contributed by atoms with Crippen molar-refractivity contribution in [1.29, 1.82) is 0 Å². The second-order valence-corrected chi connectivity index (χ2v) is 7.66. The maximum atomic E-state index is 12.5. The average Bonchev–Trinajstić information content (AvgIpc) is 2.88. The molecule has 0 fully saturated rings. The van der Waals surface area contributed by atoms with Crippen molar-refractivity contribution in [3.63, 3.8) is 0 Å². The zero-order valence-electron chi connectivity index (χ0n) is 13.0. The number of nitrogens with zero attached hydrogens (tertiary/aromatic N) is 1. The minimum absolute atomic E-state index is 0.212.